The summed E-state index contributed by atoms with van der Waals surface area (Å²) < 4.78 is 6.71. The van der Waals surface area contributed by atoms with Gasteiger partial charge >= 0.3 is 5.97 Å². The van der Waals surface area contributed by atoms with Gasteiger partial charge in [0.2, 0.25) is 10.2 Å². The predicted molar refractivity (Wildman–Crippen MR) is 129 cm³/mol. The van der Waals surface area contributed by atoms with Crippen LogP contribution < -0.4 is 5.43 Å². The van der Waals surface area contributed by atoms with Gasteiger partial charge < -0.3 is 4.74 Å². The van der Waals surface area contributed by atoms with Crippen LogP contribution in [0.15, 0.2) is 95.2 Å². The molecule has 4 aromatic rings. The first kappa shape index (κ1) is 22.7. The number of carbonyl (C=O) groups excluding carboxylic acids is 1. The van der Waals surface area contributed by atoms with Crippen molar-refractivity contribution in [3.8, 4) is 17.1 Å². The average Bonchev–Trinajstić information content (AvgIpc) is 3.31. The number of ether oxygens (including phenoxy) is 1. The van der Waals surface area contributed by atoms with E-state index in [1.807, 2.05) is 65.2 Å². The summed E-state index contributed by atoms with van der Waals surface area (Å²) in [6, 6.07) is 24.7. The summed E-state index contributed by atoms with van der Waals surface area (Å²) in [6.07, 6.45) is 0. The number of rotatable bonds is 6. The molecule has 0 unspecified atom stereocenters. The highest BCUT2D eigenvalue weighted by atomic mass is 32.2. The molecule has 0 bridgehead atoms. The summed E-state index contributed by atoms with van der Waals surface area (Å²) in [6.45, 7) is 0. The van der Waals surface area contributed by atoms with Crippen LogP contribution in [0.25, 0.3) is 17.1 Å². The molecule has 0 saturated heterocycles. The van der Waals surface area contributed by atoms with Gasteiger partial charge in [-0.15, -0.1) is 10.2 Å². The third kappa shape index (κ3) is 5.10. The summed E-state index contributed by atoms with van der Waals surface area (Å²) in [4.78, 5) is 22.8. The SMILES string of the molecule is COC(=O)/C(=N/Nc1ccc([N+](=O)[O-])cc1)Sc1nnc(-c2ccccc2)n1-c1ccccc1. The zero-order chi connectivity index (χ0) is 23.9. The minimum Gasteiger partial charge on any atom is -0.464 e. The van der Waals surface area contributed by atoms with E-state index in [0.29, 0.717) is 16.7 Å². The number of carbonyl (C=O) groups is 1. The first-order valence-electron chi connectivity index (χ1n) is 9.97. The van der Waals surface area contributed by atoms with Crippen LogP contribution in [0.2, 0.25) is 0 Å². The van der Waals surface area contributed by atoms with Crippen molar-refractivity contribution in [2.45, 2.75) is 5.16 Å². The second-order valence-corrected chi connectivity index (χ2v) is 7.73. The van der Waals surface area contributed by atoms with Crippen molar-refractivity contribution in [1.29, 1.82) is 0 Å². The van der Waals surface area contributed by atoms with Crippen molar-refractivity contribution < 1.29 is 14.5 Å². The van der Waals surface area contributed by atoms with Crippen LogP contribution in [-0.4, -0.2) is 37.8 Å². The first-order valence-corrected chi connectivity index (χ1v) is 10.8. The minimum absolute atomic E-state index is 0.0231. The van der Waals surface area contributed by atoms with Crippen molar-refractivity contribution in [2.75, 3.05) is 12.5 Å². The van der Waals surface area contributed by atoms with Gasteiger partial charge in [-0.05, 0) is 36.0 Å². The summed E-state index contributed by atoms with van der Waals surface area (Å²) in [7, 11) is 1.25. The molecule has 170 valence electrons. The van der Waals surface area contributed by atoms with E-state index >= 15 is 0 Å². The van der Waals surface area contributed by atoms with E-state index in [-0.39, 0.29) is 10.7 Å². The Bertz CT molecular complexity index is 1320. The molecule has 3 aromatic carbocycles. The van der Waals surface area contributed by atoms with Gasteiger partial charge in [0.25, 0.3) is 5.69 Å². The summed E-state index contributed by atoms with van der Waals surface area (Å²) >= 11 is 0.980. The number of nitro benzene ring substituents is 1. The number of esters is 1. The van der Waals surface area contributed by atoms with Gasteiger partial charge in [-0.3, -0.25) is 20.1 Å². The molecule has 10 nitrogen and oxygen atoms in total. The number of hydrogen-bond donors (Lipinski definition) is 1. The maximum atomic E-state index is 12.4. The zero-order valence-corrected chi connectivity index (χ0v) is 18.7. The smallest absolute Gasteiger partial charge is 0.365 e. The maximum Gasteiger partial charge on any atom is 0.365 e. The lowest BCUT2D eigenvalue weighted by molar-refractivity contribution is -0.384. The van der Waals surface area contributed by atoms with Gasteiger partial charge in [0.05, 0.1) is 17.7 Å². The van der Waals surface area contributed by atoms with Crippen molar-refractivity contribution in [3.05, 3.63) is 95.0 Å². The van der Waals surface area contributed by atoms with Crippen LogP contribution in [0.1, 0.15) is 0 Å². The first-order chi connectivity index (χ1) is 16.6. The third-order valence-corrected chi connectivity index (χ3v) is 5.49. The lowest BCUT2D eigenvalue weighted by atomic mass is 10.2. The fourth-order valence-electron chi connectivity index (χ4n) is 2.98. The number of nitro groups is 1. The van der Waals surface area contributed by atoms with E-state index in [4.69, 9.17) is 4.74 Å². The number of aromatic nitrogens is 3. The average molecular weight is 475 g/mol. The highest BCUT2D eigenvalue weighted by Crippen LogP contribution is 2.29. The van der Waals surface area contributed by atoms with Crippen LogP contribution in [0.4, 0.5) is 11.4 Å². The second kappa shape index (κ2) is 10.4. The molecular formula is C23H18N6O4S. The van der Waals surface area contributed by atoms with E-state index in [1.165, 1.54) is 31.4 Å². The summed E-state index contributed by atoms with van der Waals surface area (Å²) in [5.74, 6) is -0.0786. The van der Waals surface area contributed by atoms with E-state index in [2.05, 4.69) is 20.7 Å². The second-order valence-electron chi connectivity index (χ2n) is 6.77. The molecule has 1 heterocycles. The van der Waals surface area contributed by atoms with Gasteiger partial charge in [0.1, 0.15) is 0 Å². The van der Waals surface area contributed by atoms with Crippen molar-refractivity contribution in [1.82, 2.24) is 14.8 Å². The van der Waals surface area contributed by atoms with Crippen LogP contribution in [-0.2, 0) is 9.53 Å². The van der Waals surface area contributed by atoms with E-state index in [0.717, 1.165) is 23.0 Å². The molecule has 0 aliphatic heterocycles. The number of thioether (sulfide) groups is 1. The molecule has 0 aliphatic rings. The largest absolute Gasteiger partial charge is 0.464 e. The number of nitrogens with zero attached hydrogens (tertiary/aromatic N) is 5. The normalized spacial score (nSPS) is 11.1. The Labute approximate surface area is 198 Å². The number of anilines is 1. The molecule has 0 atom stereocenters. The monoisotopic (exact) mass is 474 g/mol. The summed E-state index contributed by atoms with van der Waals surface area (Å²) in [5.41, 5.74) is 4.80. The van der Waals surface area contributed by atoms with Gasteiger partial charge in [-0.2, -0.15) is 5.10 Å². The maximum absolute atomic E-state index is 12.4. The number of hydrogen-bond acceptors (Lipinski definition) is 9. The molecule has 1 aromatic heterocycles. The molecule has 1 N–H and O–H groups in total. The lowest BCUT2D eigenvalue weighted by Gasteiger charge is -2.11. The van der Waals surface area contributed by atoms with E-state index in [9.17, 15) is 14.9 Å². The molecule has 4 rings (SSSR count). The molecular weight excluding hydrogens is 456 g/mol. The minimum atomic E-state index is -0.678. The van der Waals surface area contributed by atoms with Crippen molar-refractivity contribution in [3.63, 3.8) is 0 Å². The van der Waals surface area contributed by atoms with Crippen LogP contribution in [0.3, 0.4) is 0 Å². The number of hydrazone groups is 1. The van der Waals surface area contributed by atoms with Gasteiger partial charge in [0, 0.05) is 23.4 Å². The highest BCUT2D eigenvalue weighted by molar-refractivity contribution is 8.15. The number of nitrogens with one attached hydrogen (secondary N) is 1. The zero-order valence-electron chi connectivity index (χ0n) is 17.9. The molecule has 0 aliphatic carbocycles. The number of non-ortho nitro benzene ring substituents is 1. The van der Waals surface area contributed by atoms with E-state index < -0.39 is 10.9 Å². The van der Waals surface area contributed by atoms with Crippen LogP contribution >= 0.6 is 11.8 Å². The van der Waals surface area contributed by atoms with Gasteiger partial charge in [-0.1, -0.05) is 48.5 Å². The number of para-hydroxylation sites is 1. The molecule has 11 heteroatoms. The molecule has 0 radical (unpaired) electrons. The van der Waals surface area contributed by atoms with Crippen LogP contribution in [0.5, 0.6) is 0 Å². The number of benzene rings is 3. The van der Waals surface area contributed by atoms with Crippen molar-refractivity contribution in [2.24, 2.45) is 5.10 Å². The Morgan fingerprint density at radius 1 is 1.00 bits per heavy atom. The Kier molecular flexibility index (Phi) is 6.94. The quantitative estimate of drug-likeness (QED) is 0.108. The fourth-order valence-corrected chi connectivity index (χ4v) is 3.77. The topological polar surface area (TPSA) is 125 Å². The Morgan fingerprint density at radius 2 is 1.65 bits per heavy atom. The number of methoxy groups -OCH3 is 1. The third-order valence-electron chi connectivity index (χ3n) is 4.59. The van der Waals surface area contributed by atoms with E-state index in [1.54, 1.807) is 0 Å². The Hall–Kier alpha value is -4.51. The Balaban J connectivity index is 1.69. The Morgan fingerprint density at radius 3 is 2.26 bits per heavy atom. The predicted octanol–water partition coefficient (Wildman–Crippen LogP) is 4.53. The fraction of sp³-hybridized carbons (Fsp3) is 0.0435. The summed E-state index contributed by atoms with van der Waals surface area (Å²) in [5, 5.41) is 24.0. The molecule has 0 amide bonds. The standard InChI is InChI=1S/C23H18N6O4S/c1-33-22(30)21(26-24-17-12-14-19(15-13-17)29(31)32)34-23-27-25-20(16-8-4-2-5-9-16)28(23)18-10-6-3-7-11-18/h2-15,24H,1H3/b26-21-. The van der Waals surface area contributed by atoms with Gasteiger partial charge in [0.15, 0.2) is 5.82 Å². The van der Waals surface area contributed by atoms with Crippen molar-refractivity contribution >= 4 is 34.1 Å². The highest BCUT2D eigenvalue weighted by Gasteiger charge is 2.22. The molecule has 34 heavy (non-hydrogen) atoms. The molecule has 0 saturated carbocycles. The molecule has 0 spiro atoms. The molecule has 0 fully saturated rings. The lowest BCUT2D eigenvalue weighted by Crippen LogP contribution is -2.15. The van der Waals surface area contributed by atoms with Crippen LogP contribution in [0, 0.1) is 10.1 Å². The van der Waals surface area contributed by atoms with Gasteiger partial charge in [-0.25, -0.2) is 4.79 Å².